The molecule has 2 saturated heterocycles. The van der Waals surface area contributed by atoms with Gasteiger partial charge in [-0.1, -0.05) is 13.3 Å². The molecular weight excluding hydrogens is 248 g/mol. The maximum atomic E-state index is 5.91. The lowest BCUT2D eigenvalue weighted by atomic mass is 9.90. The third-order valence-corrected chi connectivity index (χ3v) is 5.34. The van der Waals surface area contributed by atoms with Crippen molar-refractivity contribution in [1.29, 1.82) is 0 Å². The lowest BCUT2D eigenvalue weighted by molar-refractivity contribution is -0.0779. The Morgan fingerprint density at radius 3 is 2.90 bits per heavy atom. The second-order valence-corrected chi connectivity index (χ2v) is 7.03. The Hall–Kier alpha value is -0.120. The predicted octanol–water partition coefficient (Wildman–Crippen LogP) is 3.19. The van der Waals surface area contributed by atoms with E-state index in [1.807, 2.05) is 0 Å². The molecule has 2 aliphatic heterocycles. The van der Waals surface area contributed by atoms with E-state index in [9.17, 15) is 0 Å². The van der Waals surface area contributed by atoms with E-state index in [1.165, 1.54) is 51.6 Å². The average Bonchev–Trinajstić information content (AvgIpc) is 2.45. The van der Waals surface area contributed by atoms with Crippen LogP contribution in [0.3, 0.4) is 0 Å². The Bertz CT molecular complexity index is 284. The highest BCUT2D eigenvalue weighted by atomic mass is 16.5. The highest BCUT2D eigenvalue weighted by Crippen LogP contribution is 2.27. The molecule has 0 aromatic heterocycles. The minimum atomic E-state index is 0.108. The molecule has 20 heavy (non-hydrogen) atoms. The molecule has 0 aromatic rings. The highest BCUT2D eigenvalue weighted by Gasteiger charge is 2.31. The van der Waals surface area contributed by atoms with Crippen molar-refractivity contribution in [1.82, 2.24) is 10.2 Å². The Morgan fingerprint density at radius 1 is 1.30 bits per heavy atom. The SMILES string of the molecule is CCC1(C)CC(NCCCN2CCCCC2C)CCO1. The van der Waals surface area contributed by atoms with Gasteiger partial charge in [0, 0.05) is 18.7 Å². The third-order valence-electron chi connectivity index (χ3n) is 5.34. The summed E-state index contributed by atoms with van der Waals surface area (Å²) < 4.78 is 5.91. The normalized spacial score (nSPS) is 36.1. The standard InChI is InChI=1S/C17H34N2O/c1-4-17(3)14-16(9-13-20-17)18-10-7-12-19-11-6-5-8-15(19)2/h15-16,18H,4-14H2,1-3H3. The maximum absolute atomic E-state index is 5.91. The quantitative estimate of drug-likeness (QED) is 0.757. The Morgan fingerprint density at radius 2 is 2.15 bits per heavy atom. The molecule has 3 atom stereocenters. The molecule has 118 valence electrons. The van der Waals surface area contributed by atoms with E-state index in [0.29, 0.717) is 6.04 Å². The van der Waals surface area contributed by atoms with Gasteiger partial charge in [0.15, 0.2) is 0 Å². The van der Waals surface area contributed by atoms with Gasteiger partial charge < -0.3 is 15.0 Å². The highest BCUT2D eigenvalue weighted by molar-refractivity contribution is 4.85. The van der Waals surface area contributed by atoms with Crippen LogP contribution in [0.5, 0.6) is 0 Å². The van der Waals surface area contributed by atoms with Crippen LogP contribution in [0.2, 0.25) is 0 Å². The number of nitrogens with one attached hydrogen (secondary N) is 1. The summed E-state index contributed by atoms with van der Waals surface area (Å²) in [4.78, 5) is 2.67. The molecule has 3 heteroatoms. The van der Waals surface area contributed by atoms with Gasteiger partial charge in [-0.15, -0.1) is 0 Å². The number of piperidine rings is 1. The van der Waals surface area contributed by atoms with Crippen molar-refractivity contribution in [3.63, 3.8) is 0 Å². The van der Waals surface area contributed by atoms with Crippen LogP contribution in [0.15, 0.2) is 0 Å². The smallest absolute Gasteiger partial charge is 0.0666 e. The molecule has 0 aliphatic carbocycles. The van der Waals surface area contributed by atoms with Crippen LogP contribution < -0.4 is 5.32 Å². The van der Waals surface area contributed by atoms with Crippen molar-refractivity contribution in [3.05, 3.63) is 0 Å². The minimum absolute atomic E-state index is 0.108. The molecule has 3 nitrogen and oxygen atoms in total. The van der Waals surface area contributed by atoms with Crippen LogP contribution >= 0.6 is 0 Å². The fraction of sp³-hybridized carbons (Fsp3) is 1.00. The molecule has 0 spiro atoms. The molecule has 1 N–H and O–H groups in total. The molecule has 0 saturated carbocycles. The van der Waals surface area contributed by atoms with Gasteiger partial charge in [-0.05, 0) is 72.0 Å². The van der Waals surface area contributed by atoms with Crippen molar-refractivity contribution in [2.45, 2.75) is 83.4 Å². The maximum Gasteiger partial charge on any atom is 0.0666 e. The molecule has 0 aromatic carbocycles. The second-order valence-electron chi connectivity index (χ2n) is 7.03. The molecule has 0 radical (unpaired) electrons. The predicted molar refractivity (Wildman–Crippen MR) is 85.2 cm³/mol. The number of hydrogen-bond acceptors (Lipinski definition) is 3. The largest absolute Gasteiger partial charge is 0.375 e. The van der Waals surface area contributed by atoms with E-state index in [2.05, 4.69) is 31.0 Å². The molecule has 2 rings (SSSR count). The lowest BCUT2D eigenvalue weighted by Crippen LogP contribution is -2.46. The molecular formula is C17H34N2O. The Labute approximate surface area is 125 Å². The number of likely N-dealkylation sites (tertiary alicyclic amines) is 1. The Balaban J connectivity index is 1.61. The zero-order valence-corrected chi connectivity index (χ0v) is 13.8. The van der Waals surface area contributed by atoms with E-state index in [4.69, 9.17) is 4.74 Å². The van der Waals surface area contributed by atoms with Gasteiger partial charge in [-0.3, -0.25) is 0 Å². The summed E-state index contributed by atoms with van der Waals surface area (Å²) >= 11 is 0. The molecule has 2 fully saturated rings. The van der Waals surface area contributed by atoms with Gasteiger partial charge in [-0.25, -0.2) is 0 Å². The van der Waals surface area contributed by atoms with Crippen LogP contribution in [-0.4, -0.2) is 48.8 Å². The van der Waals surface area contributed by atoms with E-state index in [-0.39, 0.29) is 5.60 Å². The van der Waals surface area contributed by atoms with Gasteiger partial charge in [0.2, 0.25) is 0 Å². The summed E-state index contributed by atoms with van der Waals surface area (Å²) in [6.45, 7) is 11.5. The third kappa shape index (κ3) is 4.71. The van der Waals surface area contributed by atoms with Gasteiger partial charge in [0.05, 0.1) is 5.60 Å². The number of ether oxygens (including phenoxy) is 1. The summed E-state index contributed by atoms with van der Waals surface area (Å²) in [6.07, 6.45) is 8.96. The second kappa shape index (κ2) is 7.77. The number of rotatable bonds is 6. The van der Waals surface area contributed by atoms with Crippen molar-refractivity contribution in [3.8, 4) is 0 Å². The van der Waals surface area contributed by atoms with Gasteiger partial charge in [0.25, 0.3) is 0 Å². The number of nitrogens with zero attached hydrogens (tertiary/aromatic N) is 1. The van der Waals surface area contributed by atoms with Crippen LogP contribution in [0, 0.1) is 0 Å². The first-order valence-corrected chi connectivity index (χ1v) is 8.74. The molecule has 2 heterocycles. The van der Waals surface area contributed by atoms with Crippen LogP contribution in [0.1, 0.15) is 65.7 Å². The van der Waals surface area contributed by atoms with Gasteiger partial charge in [0.1, 0.15) is 0 Å². The fourth-order valence-corrected chi connectivity index (χ4v) is 3.63. The van der Waals surface area contributed by atoms with E-state index >= 15 is 0 Å². The average molecular weight is 282 g/mol. The van der Waals surface area contributed by atoms with E-state index in [1.54, 1.807) is 0 Å². The summed E-state index contributed by atoms with van der Waals surface area (Å²) in [7, 11) is 0. The van der Waals surface area contributed by atoms with E-state index in [0.717, 1.165) is 25.6 Å². The first kappa shape index (κ1) is 16.3. The molecule has 3 unspecified atom stereocenters. The van der Waals surface area contributed by atoms with Gasteiger partial charge in [-0.2, -0.15) is 0 Å². The van der Waals surface area contributed by atoms with Crippen molar-refractivity contribution < 1.29 is 4.74 Å². The fourth-order valence-electron chi connectivity index (χ4n) is 3.63. The van der Waals surface area contributed by atoms with Crippen molar-refractivity contribution >= 4 is 0 Å². The first-order valence-electron chi connectivity index (χ1n) is 8.74. The van der Waals surface area contributed by atoms with Gasteiger partial charge >= 0.3 is 0 Å². The minimum Gasteiger partial charge on any atom is -0.375 e. The summed E-state index contributed by atoms with van der Waals surface area (Å²) in [6, 6.07) is 1.46. The summed E-state index contributed by atoms with van der Waals surface area (Å²) in [5.41, 5.74) is 0.108. The van der Waals surface area contributed by atoms with Crippen molar-refractivity contribution in [2.24, 2.45) is 0 Å². The Kier molecular flexibility index (Phi) is 6.31. The molecule has 2 aliphatic rings. The lowest BCUT2D eigenvalue weighted by Gasteiger charge is -2.38. The topological polar surface area (TPSA) is 24.5 Å². The summed E-state index contributed by atoms with van der Waals surface area (Å²) in [5, 5.41) is 3.76. The zero-order valence-electron chi connectivity index (χ0n) is 13.8. The number of hydrogen-bond donors (Lipinski definition) is 1. The monoisotopic (exact) mass is 282 g/mol. The van der Waals surface area contributed by atoms with Crippen LogP contribution in [0.25, 0.3) is 0 Å². The first-order chi connectivity index (χ1) is 9.63. The molecule has 0 bridgehead atoms. The molecule has 0 amide bonds. The van der Waals surface area contributed by atoms with Crippen molar-refractivity contribution in [2.75, 3.05) is 26.2 Å². The van der Waals surface area contributed by atoms with Crippen LogP contribution in [0.4, 0.5) is 0 Å². The zero-order chi connectivity index (χ0) is 14.4. The van der Waals surface area contributed by atoms with E-state index < -0.39 is 0 Å². The van der Waals surface area contributed by atoms with Crippen LogP contribution in [-0.2, 0) is 4.74 Å². The summed E-state index contributed by atoms with van der Waals surface area (Å²) in [5.74, 6) is 0.